The molecule has 0 bridgehead atoms. The molecular formula is C22H32O3S. The number of rotatable bonds is 14. The van der Waals surface area contributed by atoms with Gasteiger partial charge in [0.2, 0.25) is 5.12 Å². The zero-order chi connectivity index (χ0) is 19.0. The van der Waals surface area contributed by atoms with Gasteiger partial charge < -0.3 is 5.11 Å². The topological polar surface area (TPSA) is 54.4 Å². The van der Waals surface area contributed by atoms with Crippen LogP contribution in [0.5, 0.6) is 0 Å². The van der Waals surface area contributed by atoms with Gasteiger partial charge in [0.05, 0.1) is 5.75 Å². The SMILES string of the molecule is CCCCC/C=C\C/C=C\C/C=C\CCCCC(=O)C1=C(O)CSC1=O. The van der Waals surface area contributed by atoms with Crippen molar-refractivity contribution in [2.24, 2.45) is 0 Å². The van der Waals surface area contributed by atoms with Gasteiger partial charge in [0.25, 0.3) is 0 Å². The van der Waals surface area contributed by atoms with Crippen LogP contribution in [-0.4, -0.2) is 21.8 Å². The van der Waals surface area contributed by atoms with Crippen molar-refractivity contribution >= 4 is 22.7 Å². The lowest BCUT2D eigenvalue weighted by Gasteiger charge is -2.00. The quantitative estimate of drug-likeness (QED) is 0.222. The van der Waals surface area contributed by atoms with Crippen LogP contribution in [0.2, 0.25) is 0 Å². The van der Waals surface area contributed by atoms with E-state index >= 15 is 0 Å². The summed E-state index contributed by atoms with van der Waals surface area (Å²) in [6, 6.07) is 0. The summed E-state index contributed by atoms with van der Waals surface area (Å²) in [5.41, 5.74) is 0.0232. The van der Waals surface area contributed by atoms with E-state index in [0.29, 0.717) is 6.42 Å². The number of hydrogen-bond acceptors (Lipinski definition) is 4. The molecule has 4 heteroatoms. The van der Waals surface area contributed by atoms with Crippen molar-refractivity contribution in [1.82, 2.24) is 0 Å². The molecule has 1 aliphatic heterocycles. The maximum Gasteiger partial charge on any atom is 0.226 e. The van der Waals surface area contributed by atoms with Crippen molar-refractivity contribution in [2.45, 2.75) is 71.1 Å². The highest BCUT2D eigenvalue weighted by Crippen LogP contribution is 2.26. The summed E-state index contributed by atoms with van der Waals surface area (Å²) >= 11 is 1.000. The molecule has 1 aliphatic rings. The first-order chi connectivity index (χ1) is 12.7. The van der Waals surface area contributed by atoms with Crippen LogP contribution in [0.4, 0.5) is 0 Å². The van der Waals surface area contributed by atoms with E-state index in [4.69, 9.17) is 0 Å². The lowest BCUT2D eigenvalue weighted by atomic mass is 10.0. The van der Waals surface area contributed by atoms with Crippen LogP contribution in [0.15, 0.2) is 47.8 Å². The highest BCUT2D eigenvalue weighted by molar-refractivity contribution is 8.14. The van der Waals surface area contributed by atoms with Crippen LogP contribution in [0.1, 0.15) is 71.1 Å². The number of carbonyl (C=O) groups is 2. The van der Waals surface area contributed by atoms with Crippen LogP contribution < -0.4 is 0 Å². The van der Waals surface area contributed by atoms with Gasteiger partial charge >= 0.3 is 0 Å². The van der Waals surface area contributed by atoms with Gasteiger partial charge in [-0.3, -0.25) is 9.59 Å². The molecule has 1 rings (SSSR count). The van der Waals surface area contributed by atoms with Crippen LogP contribution >= 0.6 is 11.8 Å². The summed E-state index contributed by atoms with van der Waals surface area (Å²) < 4.78 is 0. The molecule has 1 N–H and O–H groups in total. The maximum atomic E-state index is 11.9. The predicted octanol–water partition coefficient (Wildman–Crippen LogP) is 6.23. The number of allylic oxidation sites excluding steroid dienone is 6. The van der Waals surface area contributed by atoms with Crippen molar-refractivity contribution in [3.63, 3.8) is 0 Å². The second-order valence-electron chi connectivity index (χ2n) is 6.45. The molecule has 0 saturated carbocycles. The zero-order valence-electron chi connectivity index (χ0n) is 15.9. The minimum absolute atomic E-state index is 0.0232. The van der Waals surface area contributed by atoms with Crippen molar-refractivity contribution in [3.05, 3.63) is 47.8 Å². The van der Waals surface area contributed by atoms with Crippen LogP contribution in [0.3, 0.4) is 0 Å². The Labute approximate surface area is 162 Å². The molecule has 0 atom stereocenters. The van der Waals surface area contributed by atoms with Gasteiger partial charge in [0.15, 0.2) is 5.78 Å². The monoisotopic (exact) mass is 376 g/mol. The molecule has 144 valence electrons. The molecule has 0 fully saturated rings. The van der Waals surface area contributed by atoms with Crippen molar-refractivity contribution in [3.8, 4) is 0 Å². The molecule has 0 aromatic rings. The Balaban J connectivity index is 2.01. The normalized spacial score (nSPS) is 15.3. The van der Waals surface area contributed by atoms with E-state index in [0.717, 1.165) is 43.9 Å². The maximum absolute atomic E-state index is 11.9. The molecule has 0 saturated heterocycles. The Morgan fingerprint density at radius 3 is 2.08 bits per heavy atom. The number of hydrogen-bond donors (Lipinski definition) is 1. The smallest absolute Gasteiger partial charge is 0.226 e. The number of aliphatic hydroxyl groups is 1. The fourth-order valence-electron chi connectivity index (χ4n) is 2.63. The second-order valence-corrected chi connectivity index (χ2v) is 7.40. The summed E-state index contributed by atoms with van der Waals surface area (Å²) in [7, 11) is 0. The van der Waals surface area contributed by atoms with Gasteiger partial charge in [-0.05, 0) is 44.9 Å². The number of thioether (sulfide) groups is 1. The number of aliphatic hydroxyl groups excluding tert-OH is 1. The fraction of sp³-hybridized carbons (Fsp3) is 0.545. The number of Topliss-reactive ketones (excluding diaryl/α,β-unsaturated/α-hetero) is 1. The number of unbranched alkanes of at least 4 members (excludes halogenated alkanes) is 5. The molecule has 0 aromatic carbocycles. The van der Waals surface area contributed by atoms with E-state index in [1.165, 1.54) is 25.7 Å². The third-order valence-electron chi connectivity index (χ3n) is 4.15. The predicted molar refractivity (Wildman–Crippen MR) is 111 cm³/mol. The highest BCUT2D eigenvalue weighted by atomic mass is 32.2. The van der Waals surface area contributed by atoms with Crippen LogP contribution in [-0.2, 0) is 9.59 Å². The largest absolute Gasteiger partial charge is 0.510 e. The fourth-order valence-corrected chi connectivity index (χ4v) is 3.42. The summed E-state index contributed by atoms with van der Waals surface area (Å²) in [5.74, 6) is -0.0233. The average molecular weight is 377 g/mol. The second kappa shape index (κ2) is 14.6. The zero-order valence-corrected chi connectivity index (χ0v) is 16.7. The highest BCUT2D eigenvalue weighted by Gasteiger charge is 2.28. The molecule has 0 radical (unpaired) electrons. The van der Waals surface area contributed by atoms with E-state index < -0.39 is 0 Å². The Hall–Kier alpha value is -1.55. The summed E-state index contributed by atoms with van der Waals surface area (Å²) in [4.78, 5) is 23.4. The molecule has 0 amide bonds. The molecule has 0 aromatic heterocycles. The Morgan fingerprint density at radius 1 is 0.962 bits per heavy atom. The van der Waals surface area contributed by atoms with Gasteiger partial charge in [-0.25, -0.2) is 0 Å². The molecule has 3 nitrogen and oxygen atoms in total. The summed E-state index contributed by atoms with van der Waals surface area (Å²) in [6.45, 7) is 2.22. The molecule has 0 spiro atoms. The molecule has 1 heterocycles. The Bertz CT molecular complexity index is 556. The third-order valence-corrected chi connectivity index (χ3v) is 5.04. The van der Waals surface area contributed by atoms with Gasteiger partial charge in [-0.1, -0.05) is 68.0 Å². The van der Waals surface area contributed by atoms with E-state index in [1.807, 2.05) is 0 Å². The van der Waals surface area contributed by atoms with E-state index in [9.17, 15) is 14.7 Å². The standard InChI is InChI=1S/C22H32O3S/c1-2-3-4-5-6-7-8-9-10-11-12-13-14-15-16-17-19(23)21-20(24)18-26-22(21)25/h6-7,9-10,12-13,24H,2-5,8,11,14-18H2,1H3/b7-6-,10-9-,13-12-. The van der Waals surface area contributed by atoms with Gasteiger partial charge in [-0.15, -0.1) is 0 Å². The van der Waals surface area contributed by atoms with Crippen molar-refractivity contribution < 1.29 is 14.7 Å². The van der Waals surface area contributed by atoms with Crippen LogP contribution in [0.25, 0.3) is 0 Å². The minimum atomic E-state index is -0.282. The summed E-state index contributed by atoms with van der Waals surface area (Å²) in [5, 5.41) is 9.27. The van der Waals surface area contributed by atoms with E-state index in [2.05, 4.69) is 43.4 Å². The lowest BCUT2D eigenvalue weighted by Crippen LogP contribution is -2.08. The average Bonchev–Trinajstić information content (AvgIpc) is 2.96. The first-order valence-electron chi connectivity index (χ1n) is 9.74. The van der Waals surface area contributed by atoms with Crippen molar-refractivity contribution in [2.75, 3.05) is 5.75 Å². The van der Waals surface area contributed by atoms with E-state index in [-0.39, 0.29) is 28.0 Å². The molecule has 0 aliphatic carbocycles. The first kappa shape index (κ1) is 22.5. The van der Waals surface area contributed by atoms with Crippen molar-refractivity contribution in [1.29, 1.82) is 0 Å². The number of carbonyl (C=O) groups excluding carboxylic acids is 2. The third kappa shape index (κ3) is 9.81. The van der Waals surface area contributed by atoms with Gasteiger partial charge in [0.1, 0.15) is 11.3 Å². The van der Waals surface area contributed by atoms with E-state index in [1.54, 1.807) is 0 Å². The molecule has 0 unspecified atom stereocenters. The Morgan fingerprint density at radius 2 is 1.54 bits per heavy atom. The minimum Gasteiger partial charge on any atom is -0.510 e. The Kier molecular flexibility index (Phi) is 12.6. The lowest BCUT2D eigenvalue weighted by molar-refractivity contribution is -0.118. The van der Waals surface area contributed by atoms with Crippen LogP contribution in [0, 0.1) is 0 Å². The molecule has 26 heavy (non-hydrogen) atoms. The molecular weight excluding hydrogens is 344 g/mol. The summed E-state index contributed by atoms with van der Waals surface area (Å²) in [6.07, 6.45) is 23.1. The van der Waals surface area contributed by atoms with Gasteiger partial charge in [-0.2, -0.15) is 0 Å². The first-order valence-corrected chi connectivity index (χ1v) is 10.7. The van der Waals surface area contributed by atoms with Gasteiger partial charge in [0, 0.05) is 6.42 Å². The number of ketones is 1.